The quantitative estimate of drug-likeness (QED) is 0.0991. The van der Waals surface area contributed by atoms with Crippen LogP contribution in [0.2, 0.25) is 0 Å². The first-order valence-corrected chi connectivity index (χ1v) is 17.3. The largest absolute Gasteiger partial charge is 0.440 e. The first-order valence-electron chi connectivity index (χ1n) is 17.3. The van der Waals surface area contributed by atoms with Gasteiger partial charge in [-0.2, -0.15) is 0 Å². The van der Waals surface area contributed by atoms with Gasteiger partial charge in [-0.1, -0.05) is 104 Å². The van der Waals surface area contributed by atoms with Crippen molar-refractivity contribution in [3.8, 4) is 11.1 Å². The summed E-state index contributed by atoms with van der Waals surface area (Å²) in [5, 5.41) is 3.46. The normalized spacial score (nSPS) is 13.9. The Kier molecular flexibility index (Phi) is 10.7. The number of nitrogens with zero attached hydrogens (tertiary/aromatic N) is 3. The fourth-order valence-corrected chi connectivity index (χ4v) is 6.88. The summed E-state index contributed by atoms with van der Waals surface area (Å²) < 4.78 is 6.36. The Balaban J connectivity index is 1.43. The van der Waals surface area contributed by atoms with Crippen LogP contribution in [0.5, 0.6) is 0 Å². The molecule has 250 valence electrons. The van der Waals surface area contributed by atoms with Crippen LogP contribution in [0.25, 0.3) is 44.5 Å². The third-order valence-electron chi connectivity index (χ3n) is 9.35. The van der Waals surface area contributed by atoms with Gasteiger partial charge in [0.15, 0.2) is 0 Å². The molecule has 4 heteroatoms. The topological polar surface area (TPSA) is 41.1 Å². The van der Waals surface area contributed by atoms with Crippen LogP contribution < -0.4 is 4.90 Å². The van der Waals surface area contributed by atoms with Crippen molar-refractivity contribution in [1.82, 2.24) is 0 Å². The number of aliphatic imine (C=N–C) groups is 2. The van der Waals surface area contributed by atoms with Gasteiger partial charge in [-0.3, -0.25) is 14.9 Å². The number of hydrogen-bond donors (Lipinski definition) is 0. The Bertz CT molecular complexity index is 2200. The van der Waals surface area contributed by atoms with E-state index in [1.807, 2.05) is 56.6 Å². The van der Waals surface area contributed by atoms with E-state index >= 15 is 0 Å². The molecule has 1 aliphatic rings. The Hall–Kier alpha value is -5.74. The molecule has 0 N–H and O–H groups in total. The number of fused-ring (bicyclic) bond motifs is 2. The minimum Gasteiger partial charge on any atom is -0.440 e. The Morgan fingerprint density at radius 1 is 0.980 bits per heavy atom. The standard InChI is InChI=1S/C46H45N3O/c1-7-9-17-33(4)49(44-31-36-18-11-14-23-43(36)50-44)37-27-25-35(26-28-37)46-34(5)38(19-10-8-2)45(39-20-12-13-21-40(39)46)32(3)24-29-41(47-6)42-22-15-16-30-48-42/h7-14,16-21,23,25-28,30-31H,2-3,15,22,24,29H2,1,4-6H3/b9-7-,19-10-,33-17+,47-41+. The van der Waals surface area contributed by atoms with Crippen molar-refractivity contribution in [2.24, 2.45) is 9.98 Å². The molecular formula is C46H45N3O. The van der Waals surface area contributed by atoms with E-state index in [2.05, 4.69) is 127 Å². The lowest BCUT2D eigenvalue weighted by molar-refractivity contribution is 0.616. The Morgan fingerprint density at radius 3 is 2.44 bits per heavy atom. The van der Waals surface area contributed by atoms with Crippen LogP contribution in [0.3, 0.4) is 0 Å². The fourth-order valence-electron chi connectivity index (χ4n) is 6.88. The van der Waals surface area contributed by atoms with Crippen molar-refractivity contribution >= 4 is 56.4 Å². The molecule has 1 aliphatic heterocycles. The summed E-state index contributed by atoms with van der Waals surface area (Å²) in [5.41, 5.74) is 12.1. The highest BCUT2D eigenvalue weighted by Crippen LogP contribution is 2.42. The van der Waals surface area contributed by atoms with E-state index in [9.17, 15) is 0 Å². The average Bonchev–Trinajstić information content (AvgIpc) is 3.58. The molecule has 0 saturated heterocycles. The van der Waals surface area contributed by atoms with Gasteiger partial charge in [0.05, 0.1) is 11.4 Å². The number of rotatable bonds is 12. The van der Waals surface area contributed by atoms with E-state index in [1.165, 1.54) is 27.5 Å². The molecule has 0 unspecified atom stereocenters. The van der Waals surface area contributed by atoms with Gasteiger partial charge >= 0.3 is 0 Å². The zero-order valence-electron chi connectivity index (χ0n) is 29.6. The highest BCUT2D eigenvalue weighted by molar-refractivity contribution is 6.42. The van der Waals surface area contributed by atoms with Crippen LogP contribution in [0, 0.1) is 6.92 Å². The van der Waals surface area contributed by atoms with E-state index < -0.39 is 0 Å². The van der Waals surface area contributed by atoms with E-state index in [-0.39, 0.29) is 0 Å². The highest BCUT2D eigenvalue weighted by Gasteiger charge is 2.21. The summed E-state index contributed by atoms with van der Waals surface area (Å²) in [4.78, 5) is 11.4. The molecule has 0 atom stereocenters. The predicted molar refractivity (Wildman–Crippen MR) is 218 cm³/mol. The number of anilines is 2. The Labute approximate surface area is 296 Å². The summed E-state index contributed by atoms with van der Waals surface area (Å²) in [5.74, 6) is 0.779. The van der Waals surface area contributed by atoms with Gasteiger partial charge in [0.1, 0.15) is 5.58 Å². The van der Waals surface area contributed by atoms with Gasteiger partial charge in [-0.15, -0.1) is 0 Å². The molecule has 0 amide bonds. The minimum atomic E-state index is 0.779. The summed E-state index contributed by atoms with van der Waals surface area (Å²) in [7, 11) is 1.87. The molecule has 0 radical (unpaired) electrons. The number of hydrogen-bond acceptors (Lipinski definition) is 4. The van der Waals surface area contributed by atoms with Crippen molar-refractivity contribution < 1.29 is 4.42 Å². The molecule has 1 aromatic heterocycles. The zero-order chi connectivity index (χ0) is 35.0. The lowest BCUT2D eigenvalue weighted by atomic mass is 9.83. The molecule has 6 rings (SSSR count). The fraction of sp³-hybridized carbons (Fsp3) is 0.174. The number of furan rings is 1. The molecule has 2 heterocycles. The number of para-hydroxylation sites is 1. The summed E-state index contributed by atoms with van der Waals surface area (Å²) in [6, 6.07) is 27.8. The second-order valence-corrected chi connectivity index (χ2v) is 12.5. The van der Waals surface area contributed by atoms with E-state index in [4.69, 9.17) is 4.42 Å². The molecular weight excluding hydrogens is 611 g/mol. The summed E-state index contributed by atoms with van der Waals surface area (Å²) in [6.07, 6.45) is 19.8. The van der Waals surface area contributed by atoms with Gasteiger partial charge in [-0.05, 0) is 115 Å². The van der Waals surface area contributed by atoms with Crippen molar-refractivity contribution in [2.75, 3.05) is 11.9 Å². The molecule has 50 heavy (non-hydrogen) atoms. The third kappa shape index (κ3) is 7.02. The van der Waals surface area contributed by atoms with Crippen LogP contribution >= 0.6 is 0 Å². The lowest BCUT2D eigenvalue weighted by Gasteiger charge is -2.24. The van der Waals surface area contributed by atoms with Crippen molar-refractivity contribution in [3.05, 3.63) is 157 Å². The van der Waals surface area contributed by atoms with E-state index in [0.717, 1.165) is 82.0 Å². The zero-order valence-corrected chi connectivity index (χ0v) is 29.6. The van der Waals surface area contributed by atoms with Crippen LogP contribution in [0.1, 0.15) is 56.2 Å². The smallest absolute Gasteiger partial charge is 0.205 e. The van der Waals surface area contributed by atoms with E-state index in [0.29, 0.717) is 0 Å². The highest BCUT2D eigenvalue weighted by atomic mass is 16.4. The second kappa shape index (κ2) is 15.7. The van der Waals surface area contributed by atoms with Crippen LogP contribution in [-0.2, 0) is 0 Å². The molecule has 0 spiro atoms. The van der Waals surface area contributed by atoms with Gasteiger partial charge in [0.2, 0.25) is 5.88 Å². The Morgan fingerprint density at radius 2 is 1.74 bits per heavy atom. The van der Waals surface area contributed by atoms with Crippen LogP contribution in [0.15, 0.2) is 155 Å². The van der Waals surface area contributed by atoms with Gasteiger partial charge < -0.3 is 4.42 Å². The summed E-state index contributed by atoms with van der Waals surface area (Å²) in [6.45, 7) is 15.0. The average molecular weight is 656 g/mol. The maximum absolute atomic E-state index is 6.36. The molecule has 0 bridgehead atoms. The molecule has 0 saturated carbocycles. The number of allylic oxidation sites excluding steroid dienone is 8. The molecule has 0 fully saturated rings. The third-order valence-corrected chi connectivity index (χ3v) is 9.35. The minimum absolute atomic E-state index is 0.779. The lowest BCUT2D eigenvalue weighted by Crippen LogP contribution is -2.15. The molecule has 4 nitrogen and oxygen atoms in total. The van der Waals surface area contributed by atoms with Crippen LogP contribution in [0.4, 0.5) is 11.6 Å². The molecule has 0 aliphatic carbocycles. The summed E-state index contributed by atoms with van der Waals surface area (Å²) >= 11 is 0. The monoisotopic (exact) mass is 655 g/mol. The maximum Gasteiger partial charge on any atom is 0.205 e. The maximum atomic E-state index is 6.36. The second-order valence-electron chi connectivity index (χ2n) is 12.5. The SMILES string of the molecule is C=C/C=C\c1c(C)c(-c2ccc(N(/C(C)=C/C=C\C)c3cc4ccccc4o3)cc2)c2ccccc2c1C(=C)CC/C(=N\C)C1=NC=CCC1. The molecule has 5 aromatic rings. The van der Waals surface area contributed by atoms with Crippen LogP contribution in [-0.4, -0.2) is 18.5 Å². The number of benzene rings is 4. The van der Waals surface area contributed by atoms with Gasteiger partial charge in [-0.25, -0.2) is 0 Å². The van der Waals surface area contributed by atoms with Gasteiger partial charge in [0, 0.05) is 36.1 Å². The van der Waals surface area contributed by atoms with Gasteiger partial charge in [0.25, 0.3) is 0 Å². The predicted octanol–water partition coefficient (Wildman–Crippen LogP) is 13.0. The van der Waals surface area contributed by atoms with E-state index in [1.54, 1.807) is 0 Å². The van der Waals surface area contributed by atoms with Crippen molar-refractivity contribution in [3.63, 3.8) is 0 Å². The first-order chi connectivity index (χ1) is 24.4. The first kappa shape index (κ1) is 34.1. The molecule has 4 aromatic carbocycles. The van der Waals surface area contributed by atoms with Crippen molar-refractivity contribution in [2.45, 2.75) is 46.5 Å². The van der Waals surface area contributed by atoms with Crippen molar-refractivity contribution in [1.29, 1.82) is 0 Å².